The molecule has 1 aliphatic rings. The van der Waals surface area contributed by atoms with Crippen LogP contribution in [0, 0.1) is 5.41 Å². The molecule has 1 unspecified atom stereocenters. The number of benzene rings is 1. The lowest BCUT2D eigenvalue weighted by molar-refractivity contribution is 0.227. The van der Waals surface area contributed by atoms with Crippen molar-refractivity contribution in [1.82, 2.24) is 0 Å². The Labute approximate surface area is 105 Å². The lowest BCUT2D eigenvalue weighted by Gasteiger charge is -2.21. The van der Waals surface area contributed by atoms with Gasteiger partial charge in [-0.25, -0.2) is 0 Å². The van der Waals surface area contributed by atoms with E-state index >= 15 is 0 Å². The van der Waals surface area contributed by atoms with Crippen molar-refractivity contribution in [2.75, 3.05) is 13.7 Å². The minimum Gasteiger partial charge on any atom is -0.495 e. The lowest BCUT2D eigenvalue weighted by Crippen LogP contribution is -2.20. The predicted octanol–water partition coefficient (Wildman–Crippen LogP) is 3.12. The van der Waals surface area contributed by atoms with Gasteiger partial charge in [0.15, 0.2) is 0 Å². The molecule has 1 atom stereocenters. The first kappa shape index (κ1) is 11.9. The number of hydrogen-bond acceptors (Lipinski definition) is 2. The Hall–Kier alpha value is -0.540. The number of methoxy groups -OCH3 is 1. The van der Waals surface area contributed by atoms with E-state index in [2.05, 4.69) is 35.8 Å². The van der Waals surface area contributed by atoms with E-state index < -0.39 is 0 Å². The Kier molecular flexibility index (Phi) is 2.79. The molecule has 1 aliphatic carbocycles. The second-order valence-corrected chi connectivity index (χ2v) is 5.98. The fourth-order valence-corrected chi connectivity index (χ4v) is 3.15. The number of aliphatic hydroxyl groups excluding tert-OH is 1. The van der Waals surface area contributed by atoms with Gasteiger partial charge >= 0.3 is 0 Å². The number of halogens is 1. The van der Waals surface area contributed by atoms with Crippen molar-refractivity contribution in [3.05, 3.63) is 28.2 Å². The van der Waals surface area contributed by atoms with Crippen LogP contribution < -0.4 is 4.74 Å². The highest BCUT2D eigenvalue weighted by Gasteiger charge is 2.62. The monoisotopic (exact) mass is 284 g/mol. The topological polar surface area (TPSA) is 29.5 Å². The molecule has 0 amide bonds. The van der Waals surface area contributed by atoms with Gasteiger partial charge in [-0.15, -0.1) is 0 Å². The maximum atomic E-state index is 9.69. The van der Waals surface area contributed by atoms with Gasteiger partial charge in [0.1, 0.15) is 5.75 Å². The summed E-state index contributed by atoms with van der Waals surface area (Å²) in [6.07, 6.45) is 1.00. The summed E-state index contributed by atoms with van der Waals surface area (Å²) in [5.74, 6) is 0.849. The van der Waals surface area contributed by atoms with Crippen LogP contribution in [-0.2, 0) is 5.41 Å². The highest BCUT2D eigenvalue weighted by atomic mass is 79.9. The van der Waals surface area contributed by atoms with E-state index in [4.69, 9.17) is 4.74 Å². The average Bonchev–Trinajstić information content (AvgIpc) is 2.82. The Balaban J connectivity index is 2.53. The molecular formula is C13H17BrO2. The zero-order valence-electron chi connectivity index (χ0n) is 9.88. The number of hydrogen-bond donors (Lipinski definition) is 1. The molecule has 0 spiro atoms. The molecule has 3 heteroatoms. The number of para-hydroxylation sites is 1. The van der Waals surface area contributed by atoms with Crippen LogP contribution in [-0.4, -0.2) is 18.8 Å². The summed E-state index contributed by atoms with van der Waals surface area (Å²) >= 11 is 3.49. The van der Waals surface area contributed by atoms with Crippen molar-refractivity contribution in [1.29, 1.82) is 0 Å². The van der Waals surface area contributed by atoms with Gasteiger partial charge < -0.3 is 9.84 Å². The second kappa shape index (κ2) is 3.74. The molecule has 1 fully saturated rings. The van der Waals surface area contributed by atoms with E-state index in [0.717, 1.165) is 22.2 Å². The van der Waals surface area contributed by atoms with Crippen LogP contribution >= 0.6 is 15.9 Å². The fraction of sp³-hybridized carbons (Fsp3) is 0.538. The summed E-state index contributed by atoms with van der Waals surface area (Å²) in [5, 5.41) is 9.69. The number of aliphatic hydroxyl groups is 1. The normalized spacial score (nSPS) is 26.6. The van der Waals surface area contributed by atoms with E-state index in [1.807, 2.05) is 12.1 Å². The van der Waals surface area contributed by atoms with Gasteiger partial charge in [0.05, 0.1) is 18.2 Å². The third-order valence-corrected chi connectivity index (χ3v) is 4.50. The van der Waals surface area contributed by atoms with Crippen LogP contribution in [0.5, 0.6) is 5.75 Å². The number of rotatable bonds is 3. The van der Waals surface area contributed by atoms with Crippen LogP contribution in [0.25, 0.3) is 0 Å². The lowest BCUT2D eigenvalue weighted by atomic mass is 9.88. The van der Waals surface area contributed by atoms with Gasteiger partial charge in [0.25, 0.3) is 0 Å². The molecule has 0 aromatic heterocycles. The summed E-state index contributed by atoms with van der Waals surface area (Å²) in [6, 6.07) is 6.01. The molecule has 1 aromatic carbocycles. The molecule has 0 saturated heterocycles. The molecule has 1 saturated carbocycles. The minimum absolute atomic E-state index is 0.137. The molecular weight excluding hydrogens is 268 g/mol. The first-order chi connectivity index (χ1) is 7.48. The van der Waals surface area contributed by atoms with Gasteiger partial charge in [-0.1, -0.05) is 26.0 Å². The molecule has 2 nitrogen and oxygen atoms in total. The van der Waals surface area contributed by atoms with E-state index in [9.17, 15) is 5.11 Å². The summed E-state index contributed by atoms with van der Waals surface area (Å²) in [4.78, 5) is 0. The Bertz CT molecular complexity index is 414. The molecule has 0 heterocycles. The smallest absolute Gasteiger partial charge is 0.136 e. The van der Waals surface area contributed by atoms with Gasteiger partial charge in [0, 0.05) is 11.0 Å². The highest BCUT2D eigenvalue weighted by Crippen LogP contribution is 2.65. The average molecular weight is 285 g/mol. The largest absolute Gasteiger partial charge is 0.495 e. The van der Waals surface area contributed by atoms with Gasteiger partial charge in [-0.2, -0.15) is 0 Å². The molecule has 1 N–H and O–H groups in total. The highest BCUT2D eigenvalue weighted by molar-refractivity contribution is 9.10. The van der Waals surface area contributed by atoms with Crippen LogP contribution in [0.4, 0.5) is 0 Å². The van der Waals surface area contributed by atoms with Crippen molar-refractivity contribution in [2.24, 2.45) is 5.41 Å². The van der Waals surface area contributed by atoms with Gasteiger partial charge in [0.2, 0.25) is 0 Å². The van der Waals surface area contributed by atoms with Crippen LogP contribution in [0.2, 0.25) is 0 Å². The quantitative estimate of drug-likeness (QED) is 0.924. The Morgan fingerprint density at radius 1 is 1.44 bits per heavy atom. The van der Waals surface area contributed by atoms with Crippen molar-refractivity contribution in [3.8, 4) is 5.75 Å². The summed E-state index contributed by atoms with van der Waals surface area (Å²) < 4.78 is 6.39. The maximum Gasteiger partial charge on any atom is 0.136 e. The molecule has 0 radical (unpaired) electrons. The molecule has 2 rings (SSSR count). The van der Waals surface area contributed by atoms with E-state index in [-0.39, 0.29) is 17.4 Å². The molecule has 1 aromatic rings. The first-order valence-electron chi connectivity index (χ1n) is 5.42. The summed E-state index contributed by atoms with van der Waals surface area (Å²) in [6.45, 7) is 4.54. The fourth-order valence-electron chi connectivity index (χ4n) is 2.62. The number of ether oxygens (including phenoxy) is 1. The van der Waals surface area contributed by atoms with Crippen molar-refractivity contribution in [2.45, 2.75) is 25.7 Å². The molecule has 88 valence electrons. The SMILES string of the molecule is COc1c(Br)cccc1C1(CO)CC1(C)C. The second-order valence-electron chi connectivity index (χ2n) is 5.12. The van der Waals surface area contributed by atoms with Gasteiger partial charge in [-0.3, -0.25) is 0 Å². The van der Waals surface area contributed by atoms with Crippen molar-refractivity contribution < 1.29 is 9.84 Å². The van der Waals surface area contributed by atoms with E-state index in [1.165, 1.54) is 0 Å². The van der Waals surface area contributed by atoms with Crippen LogP contribution in [0.1, 0.15) is 25.8 Å². The first-order valence-corrected chi connectivity index (χ1v) is 6.22. The zero-order valence-corrected chi connectivity index (χ0v) is 11.5. The summed E-state index contributed by atoms with van der Waals surface area (Å²) in [5.41, 5.74) is 1.12. The third-order valence-electron chi connectivity index (χ3n) is 3.87. The minimum atomic E-state index is -0.137. The van der Waals surface area contributed by atoms with Crippen LogP contribution in [0.3, 0.4) is 0 Å². The predicted molar refractivity (Wildman–Crippen MR) is 67.9 cm³/mol. The van der Waals surface area contributed by atoms with Crippen molar-refractivity contribution in [3.63, 3.8) is 0 Å². The standard InChI is InChI=1S/C13H17BrO2/c1-12(2)7-13(12,8-15)9-5-4-6-10(14)11(9)16-3/h4-6,15H,7-8H2,1-3H3. The third kappa shape index (κ3) is 1.49. The van der Waals surface area contributed by atoms with Crippen molar-refractivity contribution >= 4 is 15.9 Å². The summed E-state index contributed by atoms with van der Waals surface area (Å²) in [7, 11) is 1.67. The van der Waals surface area contributed by atoms with E-state index in [0.29, 0.717) is 0 Å². The van der Waals surface area contributed by atoms with Crippen LogP contribution in [0.15, 0.2) is 22.7 Å². The maximum absolute atomic E-state index is 9.69. The Morgan fingerprint density at radius 2 is 2.06 bits per heavy atom. The van der Waals surface area contributed by atoms with E-state index in [1.54, 1.807) is 7.11 Å². The molecule has 0 aliphatic heterocycles. The molecule has 16 heavy (non-hydrogen) atoms. The van der Waals surface area contributed by atoms with Gasteiger partial charge in [-0.05, 0) is 33.8 Å². The molecule has 0 bridgehead atoms. The zero-order chi connectivity index (χ0) is 12.0. The Morgan fingerprint density at radius 3 is 2.50 bits per heavy atom.